The Labute approximate surface area is 105 Å². The molecule has 0 spiro atoms. The summed E-state index contributed by atoms with van der Waals surface area (Å²) in [5.41, 5.74) is 0.933. The number of rotatable bonds is 4. The molecule has 2 aromatic heterocycles. The van der Waals surface area contributed by atoms with Gasteiger partial charge in [0.2, 0.25) is 0 Å². The van der Waals surface area contributed by atoms with Crippen molar-refractivity contribution in [3.63, 3.8) is 0 Å². The summed E-state index contributed by atoms with van der Waals surface area (Å²) >= 11 is 0. The Kier molecular flexibility index (Phi) is 3.54. The van der Waals surface area contributed by atoms with E-state index in [4.69, 9.17) is 4.42 Å². The van der Waals surface area contributed by atoms with Crippen molar-refractivity contribution in [3.8, 4) is 6.07 Å². The Bertz CT molecular complexity index is 581. The van der Waals surface area contributed by atoms with Gasteiger partial charge < -0.3 is 4.42 Å². The van der Waals surface area contributed by atoms with Gasteiger partial charge in [0, 0.05) is 12.6 Å². The summed E-state index contributed by atoms with van der Waals surface area (Å²) in [4.78, 5) is 16.4. The van der Waals surface area contributed by atoms with Crippen molar-refractivity contribution in [1.29, 1.82) is 5.26 Å². The lowest BCUT2D eigenvalue weighted by atomic mass is 9.95. The summed E-state index contributed by atoms with van der Waals surface area (Å²) in [6.07, 6.45) is 3.66. The Morgan fingerprint density at radius 2 is 2.33 bits per heavy atom. The van der Waals surface area contributed by atoms with Crippen molar-refractivity contribution >= 4 is 5.78 Å². The van der Waals surface area contributed by atoms with Gasteiger partial charge in [-0.25, -0.2) is 0 Å². The van der Waals surface area contributed by atoms with Crippen molar-refractivity contribution < 1.29 is 9.21 Å². The topological polar surface area (TPSA) is 66.9 Å². The van der Waals surface area contributed by atoms with Crippen LogP contribution in [0.25, 0.3) is 0 Å². The number of carbonyl (C=O) groups is 1. The SMILES string of the molecule is CCc1occc1C(=O)C(C#N)c1ccccn1. The van der Waals surface area contributed by atoms with Crippen molar-refractivity contribution in [2.75, 3.05) is 0 Å². The van der Waals surface area contributed by atoms with E-state index in [1.165, 1.54) is 6.26 Å². The van der Waals surface area contributed by atoms with Crippen molar-refractivity contribution in [3.05, 3.63) is 53.7 Å². The molecule has 0 aromatic carbocycles. The first-order valence-electron chi connectivity index (χ1n) is 5.69. The summed E-state index contributed by atoms with van der Waals surface area (Å²) in [6, 6.07) is 8.80. The first kappa shape index (κ1) is 12.1. The minimum atomic E-state index is -0.880. The van der Waals surface area contributed by atoms with Gasteiger partial charge in [-0.3, -0.25) is 9.78 Å². The molecule has 4 heteroatoms. The van der Waals surface area contributed by atoms with Gasteiger partial charge in [-0.2, -0.15) is 5.26 Å². The molecule has 0 amide bonds. The van der Waals surface area contributed by atoms with Crippen molar-refractivity contribution in [2.24, 2.45) is 0 Å². The lowest BCUT2D eigenvalue weighted by Gasteiger charge is -2.06. The standard InChI is InChI=1S/C14H12N2O2/c1-2-13-10(6-8-18-13)14(17)11(9-15)12-5-3-4-7-16-12/h3-8,11H,2H2,1H3. The average molecular weight is 240 g/mol. The first-order valence-corrected chi connectivity index (χ1v) is 5.69. The van der Waals surface area contributed by atoms with E-state index in [1.54, 1.807) is 30.5 Å². The average Bonchev–Trinajstić information content (AvgIpc) is 2.89. The fourth-order valence-corrected chi connectivity index (χ4v) is 1.80. The quantitative estimate of drug-likeness (QED) is 0.770. The molecular weight excluding hydrogens is 228 g/mol. The van der Waals surface area contributed by atoms with Gasteiger partial charge in [0.25, 0.3) is 0 Å². The first-order chi connectivity index (χ1) is 8.77. The molecule has 0 bridgehead atoms. The highest BCUT2D eigenvalue weighted by molar-refractivity contribution is 6.03. The second-order valence-corrected chi connectivity index (χ2v) is 3.79. The Morgan fingerprint density at radius 1 is 1.50 bits per heavy atom. The van der Waals surface area contributed by atoms with Gasteiger partial charge in [-0.05, 0) is 18.2 Å². The van der Waals surface area contributed by atoms with E-state index >= 15 is 0 Å². The number of nitrogens with zero attached hydrogens (tertiary/aromatic N) is 2. The number of aromatic nitrogens is 1. The lowest BCUT2D eigenvalue weighted by molar-refractivity contribution is 0.0975. The maximum Gasteiger partial charge on any atom is 0.189 e. The van der Waals surface area contributed by atoms with E-state index in [-0.39, 0.29) is 5.78 Å². The third-order valence-electron chi connectivity index (χ3n) is 2.71. The number of hydrogen-bond acceptors (Lipinski definition) is 4. The van der Waals surface area contributed by atoms with Crippen LogP contribution in [0.15, 0.2) is 41.1 Å². The zero-order valence-corrected chi connectivity index (χ0v) is 9.96. The fourth-order valence-electron chi connectivity index (χ4n) is 1.80. The number of Topliss-reactive ketones (excluding diaryl/α,β-unsaturated/α-hetero) is 1. The summed E-state index contributed by atoms with van der Waals surface area (Å²) < 4.78 is 5.21. The molecule has 0 aliphatic carbocycles. The maximum absolute atomic E-state index is 12.3. The number of aryl methyl sites for hydroxylation is 1. The predicted octanol–water partition coefficient (Wildman–Crippen LogP) is 2.73. The molecule has 0 aliphatic heterocycles. The van der Waals surface area contributed by atoms with Crippen molar-refractivity contribution in [2.45, 2.75) is 19.3 Å². The number of hydrogen-bond donors (Lipinski definition) is 0. The minimum absolute atomic E-state index is 0.262. The van der Waals surface area contributed by atoms with Crippen LogP contribution in [0.5, 0.6) is 0 Å². The van der Waals surface area contributed by atoms with Crippen LogP contribution in [0.4, 0.5) is 0 Å². The van der Waals surface area contributed by atoms with E-state index < -0.39 is 5.92 Å². The molecule has 0 aliphatic rings. The number of carbonyl (C=O) groups excluding carboxylic acids is 1. The molecule has 1 unspecified atom stereocenters. The zero-order chi connectivity index (χ0) is 13.0. The molecule has 18 heavy (non-hydrogen) atoms. The van der Waals surface area contributed by atoms with Gasteiger partial charge in [0.05, 0.1) is 23.6 Å². The van der Waals surface area contributed by atoms with Gasteiger partial charge in [-0.15, -0.1) is 0 Å². The molecule has 0 saturated heterocycles. The van der Waals surface area contributed by atoms with Crippen LogP contribution in [0.1, 0.15) is 34.7 Å². The van der Waals surface area contributed by atoms with Crippen LogP contribution in [0, 0.1) is 11.3 Å². The Morgan fingerprint density at radius 3 is 2.94 bits per heavy atom. The summed E-state index contributed by atoms with van der Waals surface area (Å²) in [5, 5.41) is 9.17. The minimum Gasteiger partial charge on any atom is -0.469 e. The number of nitriles is 1. The summed E-state index contributed by atoms with van der Waals surface area (Å²) in [7, 11) is 0. The second kappa shape index (κ2) is 5.28. The second-order valence-electron chi connectivity index (χ2n) is 3.79. The highest BCUT2D eigenvalue weighted by atomic mass is 16.3. The van der Waals surface area contributed by atoms with Crippen LogP contribution in [0.2, 0.25) is 0 Å². The molecule has 2 heterocycles. The van der Waals surface area contributed by atoms with Gasteiger partial charge in [0.15, 0.2) is 11.7 Å². The van der Waals surface area contributed by atoms with Crippen LogP contribution in [0.3, 0.4) is 0 Å². The van der Waals surface area contributed by atoms with Crippen LogP contribution >= 0.6 is 0 Å². The highest BCUT2D eigenvalue weighted by Crippen LogP contribution is 2.22. The van der Waals surface area contributed by atoms with E-state index in [0.717, 1.165) is 0 Å². The predicted molar refractivity (Wildman–Crippen MR) is 65.0 cm³/mol. The molecule has 0 N–H and O–H groups in total. The highest BCUT2D eigenvalue weighted by Gasteiger charge is 2.25. The summed E-state index contributed by atoms with van der Waals surface area (Å²) in [5.74, 6) is -0.535. The Balaban J connectivity index is 2.36. The normalized spacial score (nSPS) is 11.8. The third-order valence-corrected chi connectivity index (χ3v) is 2.71. The van der Waals surface area contributed by atoms with E-state index in [0.29, 0.717) is 23.4 Å². The zero-order valence-electron chi connectivity index (χ0n) is 9.96. The molecule has 0 fully saturated rings. The fraction of sp³-hybridized carbons (Fsp3) is 0.214. The molecule has 2 rings (SSSR count). The Hall–Kier alpha value is -2.41. The van der Waals surface area contributed by atoms with Gasteiger partial charge in [0.1, 0.15) is 5.76 Å². The molecule has 4 nitrogen and oxygen atoms in total. The van der Waals surface area contributed by atoms with E-state index in [2.05, 4.69) is 4.98 Å². The third kappa shape index (κ3) is 2.16. The number of pyridine rings is 1. The van der Waals surface area contributed by atoms with Crippen LogP contribution in [-0.2, 0) is 6.42 Å². The van der Waals surface area contributed by atoms with Gasteiger partial charge >= 0.3 is 0 Å². The molecule has 1 atom stereocenters. The maximum atomic E-state index is 12.3. The smallest absolute Gasteiger partial charge is 0.189 e. The van der Waals surface area contributed by atoms with Crippen LogP contribution < -0.4 is 0 Å². The number of ketones is 1. The molecule has 0 saturated carbocycles. The van der Waals surface area contributed by atoms with Gasteiger partial charge in [-0.1, -0.05) is 13.0 Å². The van der Waals surface area contributed by atoms with Crippen molar-refractivity contribution in [1.82, 2.24) is 4.98 Å². The molecule has 2 aromatic rings. The summed E-state index contributed by atoms with van der Waals surface area (Å²) in [6.45, 7) is 1.90. The largest absolute Gasteiger partial charge is 0.469 e. The molecule has 90 valence electrons. The number of furan rings is 1. The molecular formula is C14H12N2O2. The van der Waals surface area contributed by atoms with E-state index in [1.807, 2.05) is 13.0 Å². The van der Waals surface area contributed by atoms with Crippen LogP contribution in [-0.4, -0.2) is 10.8 Å². The molecule has 0 radical (unpaired) electrons. The lowest BCUT2D eigenvalue weighted by Crippen LogP contribution is -2.13. The van der Waals surface area contributed by atoms with E-state index in [9.17, 15) is 10.1 Å². The monoisotopic (exact) mass is 240 g/mol.